The summed E-state index contributed by atoms with van der Waals surface area (Å²) in [5.41, 5.74) is 3.14. The third-order valence-corrected chi connectivity index (χ3v) is 5.30. The van der Waals surface area contributed by atoms with E-state index in [1.165, 1.54) is 4.90 Å². The smallest absolute Gasteiger partial charge is 0.362 e. The highest BCUT2D eigenvalue weighted by molar-refractivity contribution is 5.79. The molecule has 0 atom stereocenters. The number of hydrogen-bond donors (Lipinski definition) is 2. The van der Waals surface area contributed by atoms with Crippen molar-refractivity contribution in [2.24, 2.45) is 0 Å². The Hall–Kier alpha value is -2.29. The number of hydroxylamine groups is 1. The van der Waals surface area contributed by atoms with E-state index in [9.17, 15) is 22.8 Å². The molecule has 2 fully saturated rings. The number of alkyl halides is 3. The van der Waals surface area contributed by atoms with Crippen LogP contribution in [0.4, 0.5) is 18.9 Å². The first-order valence-electron chi connectivity index (χ1n) is 8.87. The van der Waals surface area contributed by atoms with Crippen LogP contribution in [0.1, 0.15) is 31.2 Å². The van der Waals surface area contributed by atoms with Crippen molar-refractivity contribution >= 4 is 17.5 Å². The fraction of sp³-hybridized carbons (Fsp3) is 0.556. The van der Waals surface area contributed by atoms with E-state index in [0.717, 1.165) is 30.6 Å². The van der Waals surface area contributed by atoms with Gasteiger partial charge < -0.3 is 9.80 Å². The number of halogens is 3. The molecule has 2 saturated heterocycles. The molecule has 9 heteroatoms. The number of benzene rings is 1. The number of carbonyl (C=O) groups is 2. The zero-order valence-electron chi connectivity index (χ0n) is 14.8. The molecular weight excluding hydrogens is 363 g/mol. The van der Waals surface area contributed by atoms with Gasteiger partial charge in [-0.1, -0.05) is 18.2 Å². The van der Waals surface area contributed by atoms with Gasteiger partial charge in [0, 0.05) is 31.7 Å². The number of rotatable bonds is 5. The van der Waals surface area contributed by atoms with Crippen LogP contribution in [0.25, 0.3) is 0 Å². The lowest BCUT2D eigenvalue weighted by Gasteiger charge is -2.54. The van der Waals surface area contributed by atoms with Gasteiger partial charge in [0.25, 0.3) is 0 Å². The van der Waals surface area contributed by atoms with E-state index in [1.807, 2.05) is 24.3 Å². The molecule has 0 unspecified atom stereocenters. The van der Waals surface area contributed by atoms with Gasteiger partial charge in [-0.15, -0.1) is 0 Å². The summed E-state index contributed by atoms with van der Waals surface area (Å²) in [6.07, 6.45) is -3.64. The van der Waals surface area contributed by atoms with Gasteiger partial charge in [0.15, 0.2) is 0 Å². The normalized spacial score (nSPS) is 18.5. The molecule has 2 amide bonds. The number of hydrogen-bond acceptors (Lipinski definition) is 4. The van der Waals surface area contributed by atoms with Crippen LogP contribution in [0.3, 0.4) is 0 Å². The summed E-state index contributed by atoms with van der Waals surface area (Å²) >= 11 is 0. The van der Waals surface area contributed by atoms with Gasteiger partial charge in [0.2, 0.25) is 11.8 Å². The molecule has 2 aliphatic heterocycles. The summed E-state index contributed by atoms with van der Waals surface area (Å²) in [7, 11) is 0. The lowest BCUT2D eigenvalue weighted by molar-refractivity contribution is -0.166. The maximum atomic E-state index is 12.5. The number of likely N-dealkylation sites (tertiary alicyclic amines) is 1. The predicted octanol–water partition coefficient (Wildman–Crippen LogP) is 2.26. The third kappa shape index (κ3) is 4.18. The largest absolute Gasteiger partial charge is 0.397 e. The highest BCUT2D eigenvalue weighted by atomic mass is 19.4. The minimum absolute atomic E-state index is 0.130. The zero-order chi connectivity index (χ0) is 19.7. The van der Waals surface area contributed by atoms with Crippen molar-refractivity contribution in [1.29, 1.82) is 0 Å². The van der Waals surface area contributed by atoms with E-state index in [1.54, 1.807) is 5.48 Å². The van der Waals surface area contributed by atoms with Crippen molar-refractivity contribution in [2.45, 2.75) is 43.8 Å². The average molecular weight is 385 g/mol. The first kappa shape index (κ1) is 19.5. The Balaban J connectivity index is 1.71. The van der Waals surface area contributed by atoms with Crippen molar-refractivity contribution in [1.82, 2.24) is 10.4 Å². The van der Waals surface area contributed by atoms with E-state index < -0.39 is 24.4 Å². The number of aryl methyl sites for hydroxylation is 1. The highest BCUT2D eigenvalue weighted by Crippen LogP contribution is 2.42. The van der Waals surface area contributed by atoms with Gasteiger partial charge >= 0.3 is 6.18 Å². The second-order valence-corrected chi connectivity index (χ2v) is 7.18. The zero-order valence-corrected chi connectivity index (χ0v) is 14.8. The molecule has 2 N–H and O–H groups in total. The molecule has 3 rings (SSSR count). The Morgan fingerprint density at radius 3 is 2.59 bits per heavy atom. The van der Waals surface area contributed by atoms with E-state index in [0.29, 0.717) is 6.42 Å². The van der Waals surface area contributed by atoms with Gasteiger partial charge in [0.1, 0.15) is 6.42 Å². The molecule has 1 aromatic rings. The molecule has 1 spiro atoms. The second kappa shape index (κ2) is 7.38. The Bertz CT molecular complexity index is 717. The molecule has 1 aromatic carbocycles. The van der Waals surface area contributed by atoms with Crippen LogP contribution in [-0.4, -0.2) is 53.3 Å². The van der Waals surface area contributed by atoms with Crippen molar-refractivity contribution < 1.29 is 28.0 Å². The van der Waals surface area contributed by atoms with E-state index in [2.05, 4.69) is 4.90 Å². The molecule has 0 saturated carbocycles. The Labute approximate surface area is 154 Å². The molecule has 27 heavy (non-hydrogen) atoms. The molecule has 6 nitrogen and oxygen atoms in total. The lowest BCUT2D eigenvalue weighted by Crippen LogP contribution is -2.69. The number of anilines is 1. The molecule has 148 valence electrons. The molecule has 0 bridgehead atoms. The molecule has 0 aliphatic carbocycles. The van der Waals surface area contributed by atoms with Crippen LogP contribution in [0.15, 0.2) is 24.3 Å². The average Bonchev–Trinajstić information content (AvgIpc) is 3.01. The molecule has 0 radical (unpaired) electrons. The van der Waals surface area contributed by atoms with Crippen molar-refractivity contribution in [3.63, 3.8) is 0 Å². The molecule has 2 heterocycles. The Kier molecular flexibility index (Phi) is 5.32. The van der Waals surface area contributed by atoms with Gasteiger partial charge in [-0.05, 0) is 30.9 Å². The number of nitrogens with zero attached hydrogens (tertiary/aromatic N) is 2. The fourth-order valence-electron chi connectivity index (χ4n) is 4.06. The maximum absolute atomic E-state index is 12.5. The number of amides is 2. The van der Waals surface area contributed by atoms with E-state index >= 15 is 0 Å². The number of para-hydroxylation sites is 1. The summed E-state index contributed by atoms with van der Waals surface area (Å²) in [5.74, 6) is -1.36. The van der Waals surface area contributed by atoms with Gasteiger partial charge in [0.05, 0.1) is 5.54 Å². The quantitative estimate of drug-likeness (QED) is 0.603. The Morgan fingerprint density at radius 2 is 1.93 bits per heavy atom. The number of carbonyl (C=O) groups excluding carboxylic acids is 2. The van der Waals surface area contributed by atoms with E-state index in [-0.39, 0.29) is 25.0 Å². The molecule has 0 aromatic heterocycles. The van der Waals surface area contributed by atoms with Crippen molar-refractivity contribution in [3.8, 4) is 0 Å². The minimum atomic E-state index is -4.49. The lowest BCUT2D eigenvalue weighted by atomic mass is 9.85. The second-order valence-electron chi connectivity index (χ2n) is 7.18. The number of nitrogens with one attached hydrogen (secondary N) is 1. The SMILES string of the molecule is O=C(CCc1ccccc1N1CCCC12CN(C(=O)CC(F)(F)F)C2)NO. The monoisotopic (exact) mass is 385 g/mol. The van der Waals surface area contributed by atoms with Gasteiger partial charge in [-0.25, -0.2) is 5.48 Å². The summed E-state index contributed by atoms with van der Waals surface area (Å²) in [6, 6.07) is 7.57. The molecule has 2 aliphatic rings. The van der Waals surface area contributed by atoms with Crippen LogP contribution in [0, 0.1) is 0 Å². The van der Waals surface area contributed by atoms with Crippen LogP contribution < -0.4 is 10.4 Å². The minimum Gasteiger partial charge on any atom is -0.362 e. The van der Waals surface area contributed by atoms with Crippen LogP contribution in [0.5, 0.6) is 0 Å². The Morgan fingerprint density at radius 1 is 1.22 bits per heavy atom. The van der Waals surface area contributed by atoms with Crippen LogP contribution in [-0.2, 0) is 16.0 Å². The van der Waals surface area contributed by atoms with Crippen molar-refractivity contribution in [3.05, 3.63) is 29.8 Å². The van der Waals surface area contributed by atoms with Gasteiger partial charge in [-0.3, -0.25) is 14.8 Å². The first-order chi connectivity index (χ1) is 12.7. The fourth-order valence-corrected chi connectivity index (χ4v) is 4.06. The standard InChI is InChI=1S/C18H22F3N3O3/c19-18(20,21)10-16(26)23-11-17(12-23)8-3-9-24(17)14-5-2-1-4-13(14)6-7-15(25)22-27/h1-2,4-5,27H,3,6-12H2,(H,22,25). The summed E-state index contributed by atoms with van der Waals surface area (Å²) < 4.78 is 37.4. The predicted molar refractivity (Wildman–Crippen MR) is 91.3 cm³/mol. The van der Waals surface area contributed by atoms with E-state index in [4.69, 9.17) is 5.21 Å². The molecular formula is C18H22F3N3O3. The summed E-state index contributed by atoms with van der Waals surface area (Å²) in [4.78, 5) is 26.6. The first-order valence-corrected chi connectivity index (χ1v) is 8.87. The van der Waals surface area contributed by atoms with Crippen molar-refractivity contribution in [2.75, 3.05) is 24.5 Å². The topological polar surface area (TPSA) is 72.9 Å². The van der Waals surface area contributed by atoms with Crippen LogP contribution in [0.2, 0.25) is 0 Å². The van der Waals surface area contributed by atoms with Gasteiger partial charge in [-0.2, -0.15) is 13.2 Å². The van der Waals surface area contributed by atoms with Crippen LogP contribution >= 0.6 is 0 Å². The maximum Gasteiger partial charge on any atom is 0.397 e. The summed E-state index contributed by atoms with van der Waals surface area (Å²) in [6.45, 7) is 1.32. The summed E-state index contributed by atoms with van der Waals surface area (Å²) in [5, 5.41) is 8.66. The third-order valence-electron chi connectivity index (χ3n) is 5.30. The highest BCUT2D eigenvalue weighted by Gasteiger charge is 2.53.